The quantitative estimate of drug-likeness (QED) is 0.712. The van der Waals surface area contributed by atoms with E-state index in [1.54, 1.807) is 0 Å². The lowest BCUT2D eigenvalue weighted by molar-refractivity contribution is -0.178. The third kappa shape index (κ3) is 2.91. The van der Waals surface area contributed by atoms with Gasteiger partial charge in [0.05, 0.1) is 0 Å². The van der Waals surface area contributed by atoms with Crippen LogP contribution in [0.4, 0.5) is 8.78 Å². The van der Waals surface area contributed by atoms with Crippen LogP contribution in [0.1, 0.15) is 19.8 Å². The molecular weight excluding hydrogens is 248 g/mol. The lowest BCUT2D eigenvalue weighted by Crippen LogP contribution is -2.54. The number of thioether (sulfide) groups is 1. The van der Waals surface area contributed by atoms with Crippen LogP contribution >= 0.6 is 11.8 Å². The van der Waals surface area contributed by atoms with Gasteiger partial charge < -0.3 is 4.74 Å². The molecule has 2 rings (SSSR count). The number of fused-ring (bicyclic) bond motifs is 2. The van der Waals surface area contributed by atoms with E-state index in [1.165, 1.54) is 0 Å². The number of hydrogen-bond acceptors (Lipinski definition) is 4. The fourth-order valence-corrected chi connectivity index (χ4v) is 3.82. The number of esters is 1. The van der Waals surface area contributed by atoms with E-state index in [-0.39, 0.29) is 6.10 Å². The molecular formula is C11H17F2NO2S. The molecule has 0 N–H and O–H groups in total. The minimum Gasteiger partial charge on any atom is -0.458 e. The fourth-order valence-electron chi connectivity index (χ4n) is 2.40. The molecule has 2 atom stereocenters. The van der Waals surface area contributed by atoms with Crippen molar-refractivity contribution < 1.29 is 18.3 Å². The molecule has 0 radical (unpaired) electrons. The van der Waals surface area contributed by atoms with Gasteiger partial charge in [0.25, 0.3) is 0 Å². The largest absolute Gasteiger partial charge is 0.458 e. The van der Waals surface area contributed by atoms with E-state index >= 15 is 0 Å². The van der Waals surface area contributed by atoms with Crippen molar-refractivity contribution in [1.82, 2.24) is 4.90 Å². The minimum absolute atomic E-state index is 0.343. The third-order valence-electron chi connectivity index (χ3n) is 3.47. The Balaban J connectivity index is 1.94. The maximum absolute atomic E-state index is 12.7. The number of hydrogen-bond donors (Lipinski definition) is 0. The molecule has 2 heterocycles. The highest BCUT2D eigenvalue weighted by molar-refractivity contribution is 7.99. The summed E-state index contributed by atoms with van der Waals surface area (Å²) < 4.78 is 30.4. The number of carbonyl (C=O) groups excluding carboxylic acids is 1. The van der Waals surface area contributed by atoms with E-state index < -0.39 is 11.9 Å². The van der Waals surface area contributed by atoms with Gasteiger partial charge in [-0.25, -0.2) is 4.79 Å². The standard InChI is InChI=1S/C11H17F2NO2S/c1-11(12,13)10(15)16-9-3-7-5-17-6-8(4-9)14(7)2/h7-9H,3-6H2,1-2H3. The summed E-state index contributed by atoms with van der Waals surface area (Å²) in [4.78, 5) is 13.4. The second kappa shape index (κ2) is 4.72. The topological polar surface area (TPSA) is 29.5 Å². The van der Waals surface area contributed by atoms with E-state index in [9.17, 15) is 13.6 Å². The van der Waals surface area contributed by atoms with Crippen LogP contribution in [0.2, 0.25) is 0 Å². The van der Waals surface area contributed by atoms with Crippen LogP contribution in [0.3, 0.4) is 0 Å². The van der Waals surface area contributed by atoms with Crippen molar-refractivity contribution >= 4 is 17.7 Å². The summed E-state index contributed by atoms with van der Waals surface area (Å²) >= 11 is 1.89. The van der Waals surface area contributed by atoms with Crippen molar-refractivity contribution in [3.05, 3.63) is 0 Å². The monoisotopic (exact) mass is 265 g/mol. The second-order valence-corrected chi connectivity index (χ2v) is 5.97. The van der Waals surface area contributed by atoms with Crippen molar-refractivity contribution in [2.24, 2.45) is 0 Å². The first-order valence-electron chi connectivity index (χ1n) is 5.76. The molecule has 0 aromatic carbocycles. The van der Waals surface area contributed by atoms with Crippen LogP contribution in [0.5, 0.6) is 0 Å². The number of ether oxygens (including phenoxy) is 1. The number of carbonyl (C=O) groups is 1. The van der Waals surface area contributed by atoms with Crippen molar-refractivity contribution in [2.75, 3.05) is 18.6 Å². The van der Waals surface area contributed by atoms with Gasteiger partial charge in [0.15, 0.2) is 0 Å². The van der Waals surface area contributed by atoms with E-state index in [2.05, 4.69) is 11.9 Å². The zero-order valence-corrected chi connectivity index (χ0v) is 10.8. The molecule has 6 heteroatoms. The normalized spacial score (nSPS) is 34.5. The van der Waals surface area contributed by atoms with E-state index in [4.69, 9.17) is 4.74 Å². The Labute approximate surface area is 104 Å². The molecule has 0 aliphatic carbocycles. The van der Waals surface area contributed by atoms with Gasteiger partial charge in [-0.1, -0.05) is 0 Å². The van der Waals surface area contributed by atoms with Gasteiger partial charge in [-0.2, -0.15) is 20.5 Å². The Kier molecular flexibility index (Phi) is 3.63. The average Bonchev–Trinajstić information content (AvgIpc) is 2.18. The molecule has 0 spiro atoms. The zero-order valence-electron chi connectivity index (χ0n) is 9.99. The predicted octanol–water partition coefficient (Wildman–Crippen LogP) is 1.76. The van der Waals surface area contributed by atoms with Crippen molar-refractivity contribution in [3.8, 4) is 0 Å². The van der Waals surface area contributed by atoms with Gasteiger partial charge in [-0.3, -0.25) is 4.90 Å². The summed E-state index contributed by atoms with van der Waals surface area (Å²) in [6.45, 7) is 0.584. The van der Waals surface area contributed by atoms with E-state index in [0.717, 1.165) is 11.5 Å². The summed E-state index contributed by atoms with van der Waals surface area (Å²) in [6, 6.07) is 0.687. The Morgan fingerprint density at radius 3 is 2.35 bits per heavy atom. The number of rotatable bonds is 2. The van der Waals surface area contributed by atoms with Crippen LogP contribution in [0, 0.1) is 0 Å². The van der Waals surface area contributed by atoms with Gasteiger partial charge in [0, 0.05) is 43.4 Å². The molecule has 0 aromatic rings. The first-order chi connectivity index (χ1) is 7.88. The predicted molar refractivity (Wildman–Crippen MR) is 62.4 cm³/mol. The molecule has 0 aromatic heterocycles. The van der Waals surface area contributed by atoms with Gasteiger partial charge >= 0.3 is 11.9 Å². The minimum atomic E-state index is -3.38. The Bertz CT molecular complexity index is 294. The molecule has 0 amide bonds. The number of nitrogens with zero attached hydrogens (tertiary/aromatic N) is 1. The molecule has 17 heavy (non-hydrogen) atoms. The molecule has 2 aliphatic heterocycles. The highest BCUT2D eigenvalue weighted by atomic mass is 32.2. The number of halogens is 2. The molecule has 98 valence electrons. The van der Waals surface area contributed by atoms with Gasteiger partial charge in [0.1, 0.15) is 6.10 Å². The lowest BCUT2D eigenvalue weighted by atomic mass is 9.95. The van der Waals surface area contributed by atoms with Crippen LogP contribution in [-0.2, 0) is 9.53 Å². The number of alkyl halides is 2. The second-order valence-electron chi connectivity index (χ2n) is 4.90. The maximum Gasteiger partial charge on any atom is 0.376 e. The third-order valence-corrected chi connectivity index (χ3v) is 4.72. The van der Waals surface area contributed by atoms with Crippen molar-refractivity contribution in [3.63, 3.8) is 0 Å². The summed E-state index contributed by atoms with van der Waals surface area (Å²) in [5, 5.41) is 0. The molecule has 3 nitrogen and oxygen atoms in total. The smallest absolute Gasteiger partial charge is 0.376 e. The van der Waals surface area contributed by atoms with Gasteiger partial charge in [0.2, 0.25) is 0 Å². The Morgan fingerprint density at radius 1 is 1.35 bits per heavy atom. The summed E-state index contributed by atoms with van der Waals surface area (Å²) in [6.07, 6.45) is 0.990. The molecule has 2 saturated heterocycles. The number of piperidine rings is 1. The summed E-state index contributed by atoms with van der Waals surface area (Å²) in [5.74, 6) is -2.79. The van der Waals surface area contributed by atoms with Crippen LogP contribution in [-0.4, -0.2) is 53.5 Å². The highest BCUT2D eigenvalue weighted by Crippen LogP contribution is 2.33. The molecule has 2 aliphatic rings. The van der Waals surface area contributed by atoms with E-state index in [0.29, 0.717) is 31.8 Å². The fraction of sp³-hybridized carbons (Fsp3) is 0.909. The lowest BCUT2D eigenvalue weighted by Gasteiger charge is -2.46. The van der Waals surface area contributed by atoms with Crippen molar-refractivity contribution in [2.45, 2.75) is 43.9 Å². The van der Waals surface area contributed by atoms with E-state index in [1.807, 2.05) is 11.8 Å². The highest BCUT2D eigenvalue weighted by Gasteiger charge is 2.41. The molecule has 2 unspecified atom stereocenters. The van der Waals surface area contributed by atoms with Crippen LogP contribution in [0.15, 0.2) is 0 Å². The molecule has 2 fully saturated rings. The molecule has 0 saturated carbocycles. The SMILES string of the molecule is CN1C2CSCC1CC(OC(=O)C(C)(F)F)C2. The first kappa shape index (κ1) is 13.1. The summed E-state index contributed by atoms with van der Waals surface area (Å²) in [5.41, 5.74) is 0. The molecule has 2 bridgehead atoms. The maximum atomic E-state index is 12.7. The van der Waals surface area contributed by atoms with Crippen LogP contribution in [0.25, 0.3) is 0 Å². The first-order valence-corrected chi connectivity index (χ1v) is 6.92. The Hall–Kier alpha value is -0.360. The van der Waals surface area contributed by atoms with Gasteiger partial charge in [-0.15, -0.1) is 0 Å². The van der Waals surface area contributed by atoms with Gasteiger partial charge in [-0.05, 0) is 7.05 Å². The average molecular weight is 265 g/mol. The zero-order chi connectivity index (χ0) is 12.6. The Morgan fingerprint density at radius 2 is 1.88 bits per heavy atom. The summed E-state index contributed by atoms with van der Waals surface area (Å²) in [7, 11) is 2.06. The van der Waals surface area contributed by atoms with Crippen LogP contribution < -0.4 is 0 Å². The van der Waals surface area contributed by atoms with Crippen molar-refractivity contribution in [1.29, 1.82) is 0 Å².